The Labute approximate surface area is 108 Å². The summed E-state index contributed by atoms with van der Waals surface area (Å²) < 4.78 is 0. The molecule has 0 fully saturated rings. The molecule has 1 rings (SSSR count). The Morgan fingerprint density at radius 2 is 1.83 bits per heavy atom. The third-order valence-electron chi connectivity index (χ3n) is 2.97. The monoisotopic (exact) mass is 250 g/mol. The van der Waals surface area contributed by atoms with Crippen LogP contribution in [-0.2, 0) is 17.8 Å². The SMILES string of the molecule is CC(C)[C@@H](CO)NC(=O)Cc1ccc(CN)cc1. The van der Waals surface area contributed by atoms with Crippen LogP contribution in [0, 0.1) is 5.92 Å². The van der Waals surface area contributed by atoms with Crippen molar-refractivity contribution >= 4 is 5.91 Å². The molecule has 0 saturated heterocycles. The van der Waals surface area contributed by atoms with Gasteiger partial charge in [0.2, 0.25) is 5.91 Å². The predicted octanol–water partition coefficient (Wildman–Crippen LogP) is 0.821. The average Bonchev–Trinajstić information content (AvgIpc) is 2.36. The van der Waals surface area contributed by atoms with Crippen molar-refractivity contribution in [3.05, 3.63) is 35.4 Å². The fourth-order valence-corrected chi connectivity index (χ4v) is 1.66. The molecule has 1 atom stereocenters. The summed E-state index contributed by atoms with van der Waals surface area (Å²) in [6.45, 7) is 4.41. The minimum atomic E-state index is -0.180. The van der Waals surface area contributed by atoms with E-state index in [1.54, 1.807) is 0 Å². The van der Waals surface area contributed by atoms with Gasteiger partial charge in [0.25, 0.3) is 0 Å². The van der Waals surface area contributed by atoms with Gasteiger partial charge in [-0.25, -0.2) is 0 Å². The Morgan fingerprint density at radius 3 is 2.28 bits per heavy atom. The highest BCUT2D eigenvalue weighted by Gasteiger charge is 2.14. The van der Waals surface area contributed by atoms with Crippen LogP contribution in [0.1, 0.15) is 25.0 Å². The number of nitrogens with two attached hydrogens (primary N) is 1. The molecule has 0 unspecified atom stereocenters. The number of carbonyl (C=O) groups is 1. The van der Waals surface area contributed by atoms with Crippen molar-refractivity contribution in [2.24, 2.45) is 11.7 Å². The highest BCUT2D eigenvalue weighted by atomic mass is 16.3. The molecule has 0 aliphatic heterocycles. The van der Waals surface area contributed by atoms with Gasteiger partial charge in [-0.3, -0.25) is 4.79 Å². The second-order valence-electron chi connectivity index (χ2n) is 4.80. The van der Waals surface area contributed by atoms with Crippen molar-refractivity contribution in [3.8, 4) is 0 Å². The van der Waals surface area contributed by atoms with Gasteiger partial charge in [0.15, 0.2) is 0 Å². The van der Waals surface area contributed by atoms with Crippen LogP contribution in [0.2, 0.25) is 0 Å². The summed E-state index contributed by atoms with van der Waals surface area (Å²) in [5, 5.41) is 12.0. The first kappa shape index (κ1) is 14.7. The molecule has 0 heterocycles. The molecule has 4 N–H and O–H groups in total. The van der Waals surface area contributed by atoms with Crippen LogP contribution in [0.15, 0.2) is 24.3 Å². The van der Waals surface area contributed by atoms with E-state index in [4.69, 9.17) is 10.8 Å². The molecule has 1 aromatic rings. The Morgan fingerprint density at radius 1 is 1.28 bits per heavy atom. The summed E-state index contributed by atoms with van der Waals surface area (Å²) in [6.07, 6.45) is 0.327. The van der Waals surface area contributed by atoms with Crippen LogP contribution < -0.4 is 11.1 Å². The molecule has 0 radical (unpaired) electrons. The first-order chi connectivity index (χ1) is 8.56. The minimum Gasteiger partial charge on any atom is -0.394 e. The highest BCUT2D eigenvalue weighted by Crippen LogP contribution is 2.06. The molecule has 0 spiro atoms. The summed E-state index contributed by atoms with van der Waals surface area (Å²) in [5.41, 5.74) is 7.51. The van der Waals surface area contributed by atoms with E-state index < -0.39 is 0 Å². The number of rotatable bonds is 6. The molecule has 4 nitrogen and oxygen atoms in total. The van der Waals surface area contributed by atoms with Crippen LogP contribution in [0.25, 0.3) is 0 Å². The van der Waals surface area contributed by atoms with Gasteiger partial charge in [0.1, 0.15) is 0 Å². The van der Waals surface area contributed by atoms with Crippen molar-refractivity contribution in [2.45, 2.75) is 32.9 Å². The molecule has 18 heavy (non-hydrogen) atoms. The van der Waals surface area contributed by atoms with E-state index in [2.05, 4.69) is 5.32 Å². The van der Waals surface area contributed by atoms with Crippen LogP contribution in [-0.4, -0.2) is 23.7 Å². The van der Waals surface area contributed by atoms with Crippen LogP contribution in [0.3, 0.4) is 0 Å². The van der Waals surface area contributed by atoms with Gasteiger partial charge in [0, 0.05) is 6.54 Å². The lowest BCUT2D eigenvalue weighted by atomic mass is 10.0. The Kier molecular flexibility index (Phi) is 5.82. The molecule has 1 aromatic carbocycles. The molecule has 0 bridgehead atoms. The molecular formula is C14H22N2O2. The van der Waals surface area contributed by atoms with Crippen LogP contribution in [0.4, 0.5) is 0 Å². The summed E-state index contributed by atoms with van der Waals surface area (Å²) >= 11 is 0. The number of nitrogens with one attached hydrogen (secondary N) is 1. The van der Waals surface area contributed by atoms with E-state index in [-0.39, 0.29) is 24.5 Å². The summed E-state index contributed by atoms with van der Waals surface area (Å²) in [4.78, 5) is 11.8. The summed E-state index contributed by atoms with van der Waals surface area (Å²) in [6, 6.07) is 7.49. The van der Waals surface area contributed by atoms with Gasteiger partial charge < -0.3 is 16.2 Å². The van der Waals surface area contributed by atoms with Gasteiger partial charge in [0.05, 0.1) is 19.1 Å². The third-order valence-corrected chi connectivity index (χ3v) is 2.97. The topological polar surface area (TPSA) is 75.3 Å². The van der Waals surface area contributed by atoms with Crippen molar-refractivity contribution in [1.29, 1.82) is 0 Å². The second kappa shape index (κ2) is 7.13. The van der Waals surface area contributed by atoms with Crippen molar-refractivity contribution in [3.63, 3.8) is 0 Å². The lowest BCUT2D eigenvalue weighted by Gasteiger charge is -2.19. The van der Waals surface area contributed by atoms with E-state index in [1.165, 1.54) is 0 Å². The molecule has 4 heteroatoms. The Bertz CT molecular complexity index is 374. The zero-order valence-electron chi connectivity index (χ0n) is 11.0. The standard InChI is InChI=1S/C14H22N2O2/c1-10(2)13(9-17)16-14(18)7-11-3-5-12(8-15)6-4-11/h3-6,10,13,17H,7-9,15H2,1-2H3,(H,16,18)/t13-/m1/s1. The maximum Gasteiger partial charge on any atom is 0.224 e. The van der Waals surface area contributed by atoms with E-state index >= 15 is 0 Å². The Balaban J connectivity index is 2.53. The quantitative estimate of drug-likeness (QED) is 0.699. The number of carbonyl (C=O) groups excluding carboxylic acids is 1. The fourth-order valence-electron chi connectivity index (χ4n) is 1.66. The molecule has 1 amide bonds. The zero-order chi connectivity index (χ0) is 13.5. The van der Waals surface area contributed by atoms with Gasteiger partial charge in [-0.1, -0.05) is 38.1 Å². The normalized spacial score (nSPS) is 12.5. The molecule has 0 aliphatic rings. The second-order valence-corrected chi connectivity index (χ2v) is 4.80. The fraction of sp³-hybridized carbons (Fsp3) is 0.500. The number of aliphatic hydroxyl groups excluding tert-OH is 1. The molecule has 0 aromatic heterocycles. The zero-order valence-corrected chi connectivity index (χ0v) is 11.0. The van der Waals surface area contributed by atoms with Crippen molar-refractivity contribution in [2.75, 3.05) is 6.61 Å². The van der Waals surface area contributed by atoms with Gasteiger partial charge in [-0.05, 0) is 17.0 Å². The highest BCUT2D eigenvalue weighted by molar-refractivity contribution is 5.78. The molecular weight excluding hydrogens is 228 g/mol. The smallest absolute Gasteiger partial charge is 0.224 e. The van der Waals surface area contributed by atoms with E-state index in [1.807, 2.05) is 38.1 Å². The van der Waals surface area contributed by atoms with Crippen molar-refractivity contribution < 1.29 is 9.90 Å². The Hall–Kier alpha value is -1.39. The summed E-state index contributed by atoms with van der Waals surface area (Å²) in [5.74, 6) is 0.154. The third kappa shape index (κ3) is 4.47. The molecule has 0 aliphatic carbocycles. The van der Waals surface area contributed by atoms with E-state index in [9.17, 15) is 4.79 Å². The number of hydrogen-bond acceptors (Lipinski definition) is 3. The maximum absolute atomic E-state index is 11.8. The van der Waals surface area contributed by atoms with Crippen LogP contribution >= 0.6 is 0 Å². The number of hydrogen-bond donors (Lipinski definition) is 3. The largest absolute Gasteiger partial charge is 0.394 e. The van der Waals surface area contributed by atoms with Crippen molar-refractivity contribution in [1.82, 2.24) is 5.32 Å². The van der Waals surface area contributed by atoms with E-state index in [0.717, 1.165) is 11.1 Å². The molecule has 100 valence electrons. The maximum atomic E-state index is 11.8. The number of benzene rings is 1. The lowest BCUT2D eigenvalue weighted by Crippen LogP contribution is -2.41. The lowest BCUT2D eigenvalue weighted by molar-refractivity contribution is -0.121. The summed E-state index contributed by atoms with van der Waals surface area (Å²) in [7, 11) is 0. The van der Waals surface area contributed by atoms with Gasteiger partial charge >= 0.3 is 0 Å². The van der Waals surface area contributed by atoms with Gasteiger partial charge in [-0.15, -0.1) is 0 Å². The van der Waals surface area contributed by atoms with Crippen LogP contribution in [0.5, 0.6) is 0 Å². The number of aliphatic hydroxyl groups is 1. The number of amides is 1. The van der Waals surface area contributed by atoms with E-state index in [0.29, 0.717) is 13.0 Å². The average molecular weight is 250 g/mol. The minimum absolute atomic E-state index is 0.0322. The molecule has 0 saturated carbocycles. The predicted molar refractivity (Wildman–Crippen MR) is 71.9 cm³/mol. The first-order valence-corrected chi connectivity index (χ1v) is 6.25. The van der Waals surface area contributed by atoms with Gasteiger partial charge in [-0.2, -0.15) is 0 Å². The first-order valence-electron chi connectivity index (χ1n) is 6.25.